The molecule has 1 aliphatic rings. The molecule has 3 heteroatoms. The zero-order chi connectivity index (χ0) is 9.42. The van der Waals surface area contributed by atoms with Crippen LogP contribution in [0, 0.1) is 3.57 Å². The maximum Gasteiger partial charge on any atom is 0.138 e. The second-order valence-corrected chi connectivity index (χ2v) is 4.85. The smallest absolute Gasteiger partial charge is 0.138 e. The van der Waals surface area contributed by atoms with Crippen molar-refractivity contribution in [3.63, 3.8) is 0 Å². The van der Waals surface area contributed by atoms with Crippen LogP contribution >= 0.6 is 34.2 Å². The van der Waals surface area contributed by atoms with E-state index in [1.165, 1.54) is 22.0 Å². The fourth-order valence-electron chi connectivity index (χ4n) is 1.41. The molecule has 0 saturated heterocycles. The molecule has 2 rings (SSSR count). The first-order valence-electron chi connectivity index (χ1n) is 4.25. The van der Waals surface area contributed by atoms with E-state index in [1.54, 1.807) is 7.11 Å². The lowest BCUT2D eigenvalue weighted by Crippen LogP contribution is -1.90. The van der Waals surface area contributed by atoms with Crippen molar-refractivity contribution < 1.29 is 4.74 Å². The van der Waals surface area contributed by atoms with Gasteiger partial charge in [-0.05, 0) is 59.0 Å². The van der Waals surface area contributed by atoms with Crippen LogP contribution in [-0.2, 0) is 0 Å². The molecule has 1 aromatic carbocycles. The van der Waals surface area contributed by atoms with Crippen LogP contribution in [0.5, 0.6) is 5.75 Å². The molecule has 0 unspecified atom stereocenters. The Morgan fingerprint density at radius 2 is 2.15 bits per heavy atom. The predicted molar refractivity (Wildman–Crippen MR) is 62.7 cm³/mol. The van der Waals surface area contributed by atoms with Gasteiger partial charge in [0.2, 0.25) is 0 Å². The minimum absolute atomic E-state index is 0.727. The van der Waals surface area contributed by atoms with Crippen molar-refractivity contribution in [2.45, 2.75) is 18.8 Å². The van der Waals surface area contributed by atoms with E-state index in [1.807, 2.05) is 12.1 Å². The van der Waals surface area contributed by atoms with E-state index in [4.69, 9.17) is 16.3 Å². The lowest BCUT2D eigenvalue weighted by molar-refractivity contribution is 0.414. The SMILES string of the molecule is COc1cc(I)c(C2CC2)cc1Cl. The molecule has 0 spiro atoms. The molecule has 13 heavy (non-hydrogen) atoms. The molecule has 1 fully saturated rings. The average molecular weight is 309 g/mol. The molecule has 1 aliphatic carbocycles. The third kappa shape index (κ3) is 1.94. The number of methoxy groups -OCH3 is 1. The third-order valence-electron chi connectivity index (χ3n) is 2.29. The molecular weight excluding hydrogens is 298 g/mol. The predicted octanol–water partition coefficient (Wildman–Crippen LogP) is 3.83. The van der Waals surface area contributed by atoms with Crippen molar-refractivity contribution in [1.29, 1.82) is 0 Å². The van der Waals surface area contributed by atoms with Crippen LogP contribution in [0.2, 0.25) is 5.02 Å². The van der Waals surface area contributed by atoms with Crippen LogP contribution in [0.4, 0.5) is 0 Å². The Bertz CT molecular complexity index is 334. The first-order chi connectivity index (χ1) is 6.22. The lowest BCUT2D eigenvalue weighted by atomic mass is 10.1. The highest BCUT2D eigenvalue weighted by atomic mass is 127. The number of rotatable bonds is 2. The van der Waals surface area contributed by atoms with Gasteiger partial charge in [0.1, 0.15) is 5.75 Å². The molecule has 1 aromatic rings. The summed E-state index contributed by atoms with van der Waals surface area (Å²) in [6, 6.07) is 4.05. The largest absolute Gasteiger partial charge is 0.495 e. The van der Waals surface area contributed by atoms with Gasteiger partial charge < -0.3 is 4.74 Å². The summed E-state index contributed by atoms with van der Waals surface area (Å²) in [6.45, 7) is 0. The Kier molecular flexibility index (Phi) is 2.70. The Morgan fingerprint density at radius 3 is 2.69 bits per heavy atom. The second kappa shape index (κ2) is 3.65. The Balaban J connectivity index is 2.42. The van der Waals surface area contributed by atoms with E-state index in [-0.39, 0.29) is 0 Å². The summed E-state index contributed by atoms with van der Waals surface area (Å²) >= 11 is 8.39. The molecule has 0 aliphatic heterocycles. The molecule has 0 N–H and O–H groups in total. The minimum Gasteiger partial charge on any atom is -0.495 e. The van der Waals surface area contributed by atoms with Crippen LogP contribution in [0.25, 0.3) is 0 Å². The maximum absolute atomic E-state index is 6.05. The molecule has 0 atom stereocenters. The maximum atomic E-state index is 6.05. The lowest BCUT2D eigenvalue weighted by Gasteiger charge is -2.07. The highest BCUT2D eigenvalue weighted by Crippen LogP contribution is 2.44. The molecule has 1 nitrogen and oxygen atoms in total. The van der Waals surface area contributed by atoms with Crippen molar-refractivity contribution in [3.8, 4) is 5.75 Å². The summed E-state index contributed by atoms with van der Waals surface area (Å²) in [6.07, 6.45) is 2.61. The second-order valence-electron chi connectivity index (χ2n) is 3.28. The van der Waals surface area contributed by atoms with Crippen molar-refractivity contribution in [3.05, 3.63) is 26.3 Å². The van der Waals surface area contributed by atoms with Gasteiger partial charge in [0, 0.05) is 3.57 Å². The van der Waals surface area contributed by atoms with E-state index < -0.39 is 0 Å². The van der Waals surface area contributed by atoms with Gasteiger partial charge in [-0.2, -0.15) is 0 Å². The highest BCUT2D eigenvalue weighted by molar-refractivity contribution is 14.1. The van der Waals surface area contributed by atoms with Crippen molar-refractivity contribution in [2.24, 2.45) is 0 Å². The van der Waals surface area contributed by atoms with Crippen molar-refractivity contribution in [2.75, 3.05) is 7.11 Å². The number of hydrogen-bond donors (Lipinski definition) is 0. The van der Waals surface area contributed by atoms with Gasteiger partial charge in [-0.15, -0.1) is 0 Å². The number of ether oxygens (including phenoxy) is 1. The number of hydrogen-bond acceptors (Lipinski definition) is 1. The van der Waals surface area contributed by atoms with Crippen LogP contribution in [-0.4, -0.2) is 7.11 Å². The zero-order valence-corrected chi connectivity index (χ0v) is 10.2. The fourth-order valence-corrected chi connectivity index (χ4v) is 2.54. The molecule has 0 heterocycles. The standard InChI is InChI=1S/C10H10ClIO/c1-13-10-5-9(12)7(4-8(10)11)6-2-3-6/h4-6H,2-3H2,1H3. The molecule has 0 aromatic heterocycles. The van der Waals surface area contributed by atoms with Gasteiger partial charge in [0.15, 0.2) is 0 Å². The summed E-state index contributed by atoms with van der Waals surface area (Å²) in [5.74, 6) is 1.52. The van der Waals surface area contributed by atoms with E-state index >= 15 is 0 Å². The van der Waals surface area contributed by atoms with Crippen LogP contribution in [0.15, 0.2) is 12.1 Å². The summed E-state index contributed by atoms with van der Waals surface area (Å²) in [5.41, 5.74) is 1.38. The molecule has 0 bridgehead atoms. The molecule has 1 saturated carbocycles. The van der Waals surface area contributed by atoms with E-state index in [0.29, 0.717) is 0 Å². The highest BCUT2D eigenvalue weighted by Gasteiger charge is 2.26. The normalized spacial score (nSPS) is 15.9. The average Bonchev–Trinajstić information content (AvgIpc) is 2.91. The molecular formula is C10H10ClIO. The molecule has 70 valence electrons. The quantitative estimate of drug-likeness (QED) is 0.755. The molecule has 0 radical (unpaired) electrons. The van der Waals surface area contributed by atoms with Crippen LogP contribution in [0.3, 0.4) is 0 Å². The zero-order valence-electron chi connectivity index (χ0n) is 7.31. The van der Waals surface area contributed by atoms with Gasteiger partial charge >= 0.3 is 0 Å². The van der Waals surface area contributed by atoms with Crippen LogP contribution < -0.4 is 4.74 Å². The first kappa shape index (κ1) is 9.59. The first-order valence-corrected chi connectivity index (χ1v) is 5.71. The summed E-state index contributed by atoms with van der Waals surface area (Å²) in [5, 5.41) is 0.727. The van der Waals surface area contributed by atoms with E-state index in [0.717, 1.165) is 16.7 Å². The molecule has 0 amide bonds. The van der Waals surface area contributed by atoms with Crippen molar-refractivity contribution in [1.82, 2.24) is 0 Å². The topological polar surface area (TPSA) is 9.23 Å². The van der Waals surface area contributed by atoms with Gasteiger partial charge in [0.05, 0.1) is 12.1 Å². The summed E-state index contributed by atoms with van der Waals surface area (Å²) < 4.78 is 6.41. The van der Waals surface area contributed by atoms with Gasteiger partial charge in [0.25, 0.3) is 0 Å². The van der Waals surface area contributed by atoms with Crippen LogP contribution in [0.1, 0.15) is 24.3 Å². The Morgan fingerprint density at radius 1 is 1.46 bits per heavy atom. The third-order valence-corrected chi connectivity index (χ3v) is 3.52. The summed E-state index contributed by atoms with van der Waals surface area (Å²) in [7, 11) is 1.65. The van der Waals surface area contributed by atoms with Gasteiger partial charge in [-0.25, -0.2) is 0 Å². The Labute approximate surface area is 96.6 Å². The number of benzene rings is 1. The van der Waals surface area contributed by atoms with Gasteiger partial charge in [-0.3, -0.25) is 0 Å². The fraction of sp³-hybridized carbons (Fsp3) is 0.400. The summed E-state index contributed by atoms with van der Waals surface area (Å²) in [4.78, 5) is 0. The van der Waals surface area contributed by atoms with E-state index in [2.05, 4.69) is 22.6 Å². The van der Waals surface area contributed by atoms with Crippen molar-refractivity contribution >= 4 is 34.2 Å². The monoisotopic (exact) mass is 308 g/mol. The minimum atomic E-state index is 0.727. The van der Waals surface area contributed by atoms with Gasteiger partial charge in [-0.1, -0.05) is 11.6 Å². The van der Waals surface area contributed by atoms with E-state index in [9.17, 15) is 0 Å². The Hall–Kier alpha value is 0.0400. The number of halogens is 2.